The van der Waals surface area contributed by atoms with E-state index in [0.717, 1.165) is 17.2 Å². The summed E-state index contributed by atoms with van der Waals surface area (Å²) in [5, 5.41) is 0.0177. The summed E-state index contributed by atoms with van der Waals surface area (Å²) in [6.45, 7) is 4.58. The molecule has 0 aliphatic rings. The van der Waals surface area contributed by atoms with E-state index in [-0.39, 0.29) is 10.3 Å². The lowest BCUT2D eigenvalue weighted by Gasteiger charge is -2.15. The Bertz CT molecular complexity index is 1440. The Morgan fingerprint density at radius 1 is 0.969 bits per heavy atom. The third-order valence-corrected chi connectivity index (χ3v) is 6.98. The number of aromatic nitrogens is 1. The van der Waals surface area contributed by atoms with Crippen LogP contribution in [0.15, 0.2) is 87.5 Å². The van der Waals surface area contributed by atoms with Crippen molar-refractivity contribution in [3.8, 4) is 5.75 Å². The summed E-state index contributed by atoms with van der Waals surface area (Å²) in [6, 6.07) is 17.5. The summed E-state index contributed by atoms with van der Waals surface area (Å²) in [6.07, 6.45) is 1.34. The molecular weight excluding hydrogens is 429 g/mol. The standard InChI is InChI=1S/C25H22FNO4S/c1-3-31-20-9-11-21(12-10-20)32(29,30)24-16-27(15-18-6-4-17(2)5-7-18)23-13-8-19(26)14-22(23)25(24)28/h4-14,16H,3,15H2,1-2H3. The normalized spacial score (nSPS) is 11.6. The molecule has 1 heterocycles. The number of ether oxygens (including phenoxy) is 1. The number of rotatable bonds is 6. The third-order valence-electron chi connectivity index (χ3n) is 5.22. The first-order valence-corrected chi connectivity index (χ1v) is 11.6. The fraction of sp³-hybridized carbons (Fsp3) is 0.160. The molecule has 5 nitrogen and oxygen atoms in total. The molecule has 1 aromatic heterocycles. The zero-order chi connectivity index (χ0) is 22.9. The van der Waals surface area contributed by atoms with Crippen LogP contribution in [0, 0.1) is 12.7 Å². The molecule has 0 saturated carbocycles. The van der Waals surface area contributed by atoms with Gasteiger partial charge >= 0.3 is 0 Å². The number of halogens is 1. The molecule has 7 heteroatoms. The van der Waals surface area contributed by atoms with Gasteiger partial charge < -0.3 is 9.30 Å². The largest absolute Gasteiger partial charge is 0.494 e. The second-order valence-electron chi connectivity index (χ2n) is 7.51. The SMILES string of the molecule is CCOc1ccc(S(=O)(=O)c2cn(Cc3ccc(C)cc3)c3ccc(F)cc3c2=O)cc1. The van der Waals surface area contributed by atoms with E-state index in [1.54, 1.807) is 16.7 Å². The van der Waals surface area contributed by atoms with Crippen LogP contribution in [0.1, 0.15) is 18.1 Å². The zero-order valence-corrected chi connectivity index (χ0v) is 18.5. The Hall–Kier alpha value is -3.45. The number of nitrogens with zero attached hydrogens (tertiary/aromatic N) is 1. The number of aryl methyl sites for hydroxylation is 1. The zero-order valence-electron chi connectivity index (χ0n) is 17.7. The summed E-state index contributed by atoms with van der Waals surface area (Å²) in [4.78, 5) is 12.7. The Morgan fingerprint density at radius 3 is 2.31 bits per heavy atom. The van der Waals surface area contributed by atoms with Crippen LogP contribution in [-0.2, 0) is 16.4 Å². The van der Waals surface area contributed by atoms with E-state index in [1.165, 1.54) is 30.5 Å². The molecule has 164 valence electrons. The van der Waals surface area contributed by atoms with E-state index in [1.807, 2.05) is 38.1 Å². The molecule has 0 unspecified atom stereocenters. The first kappa shape index (κ1) is 21.8. The van der Waals surface area contributed by atoms with Gasteiger partial charge in [-0.2, -0.15) is 0 Å². The van der Waals surface area contributed by atoms with Crippen molar-refractivity contribution in [1.29, 1.82) is 0 Å². The smallest absolute Gasteiger partial charge is 0.211 e. The molecule has 0 saturated heterocycles. The third kappa shape index (κ3) is 4.16. The summed E-state index contributed by atoms with van der Waals surface area (Å²) in [5.41, 5.74) is 1.75. The van der Waals surface area contributed by atoms with E-state index in [0.29, 0.717) is 24.4 Å². The molecule has 0 amide bonds. The predicted molar refractivity (Wildman–Crippen MR) is 122 cm³/mol. The monoisotopic (exact) mass is 451 g/mol. The molecule has 4 aromatic rings. The van der Waals surface area contributed by atoms with E-state index < -0.39 is 26.0 Å². The molecule has 0 atom stereocenters. The molecule has 0 bridgehead atoms. The molecule has 0 spiro atoms. The van der Waals surface area contributed by atoms with Gasteiger partial charge in [-0.25, -0.2) is 12.8 Å². The van der Waals surface area contributed by atoms with Gasteiger partial charge in [-0.05, 0) is 61.9 Å². The van der Waals surface area contributed by atoms with Crippen molar-refractivity contribution in [3.05, 3.63) is 100 Å². The summed E-state index contributed by atoms with van der Waals surface area (Å²) >= 11 is 0. The topological polar surface area (TPSA) is 65.4 Å². The molecule has 0 aliphatic carbocycles. The van der Waals surface area contributed by atoms with Crippen molar-refractivity contribution in [2.24, 2.45) is 0 Å². The summed E-state index contributed by atoms with van der Waals surface area (Å²) in [7, 11) is -4.14. The van der Waals surface area contributed by atoms with Crippen molar-refractivity contribution in [3.63, 3.8) is 0 Å². The van der Waals surface area contributed by atoms with Gasteiger partial charge in [0, 0.05) is 18.1 Å². The van der Waals surface area contributed by atoms with E-state index >= 15 is 0 Å². The molecule has 4 rings (SSSR count). The molecule has 0 N–H and O–H groups in total. The number of hydrogen-bond acceptors (Lipinski definition) is 4. The maximum Gasteiger partial charge on any atom is 0.211 e. The molecule has 0 radical (unpaired) electrons. The van der Waals surface area contributed by atoms with Gasteiger partial charge in [-0.15, -0.1) is 0 Å². The fourth-order valence-electron chi connectivity index (χ4n) is 3.56. The highest BCUT2D eigenvalue weighted by Crippen LogP contribution is 2.24. The number of fused-ring (bicyclic) bond motifs is 1. The Balaban J connectivity index is 1.89. The maximum absolute atomic E-state index is 14.0. The average molecular weight is 452 g/mol. The number of sulfone groups is 1. The van der Waals surface area contributed by atoms with Crippen LogP contribution < -0.4 is 10.2 Å². The predicted octanol–water partition coefficient (Wildman–Crippen LogP) is 4.73. The van der Waals surface area contributed by atoms with Gasteiger partial charge in [-0.3, -0.25) is 4.79 Å². The second kappa shape index (κ2) is 8.59. The first-order chi connectivity index (χ1) is 15.3. The van der Waals surface area contributed by atoms with Crippen LogP contribution in [0.2, 0.25) is 0 Å². The van der Waals surface area contributed by atoms with Crippen molar-refractivity contribution < 1.29 is 17.5 Å². The van der Waals surface area contributed by atoms with Gasteiger partial charge in [0.1, 0.15) is 16.5 Å². The minimum absolute atomic E-state index is 0.0177. The number of benzene rings is 3. The van der Waals surface area contributed by atoms with Gasteiger partial charge in [0.25, 0.3) is 0 Å². The van der Waals surface area contributed by atoms with Crippen LogP contribution in [0.4, 0.5) is 4.39 Å². The second-order valence-corrected chi connectivity index (χ2v) is 9.42. The van der Waals surface area contributed by atoms with Crippen LogP contribution in [-0.4, -0.2) is 19.6 Å². The van der Waals surface area contributed by atoms with Crippen LogP contribution in [0.25, 0.3) is 10.9 Å². The van der Waals surface area contributed by atoms with E-state index in [2.05, 4.69) is 0 Å². The quantitative estimate of drug-likeness (QED) is 0.425. The van der Waals surface area contributed by atoms with E-state index in [9.17, 15) is 17.6 Å². The van der Waals surface area contributed by atoms with Crippen molar-refractivity contribution in [2.45, 2.75) is 30.2 Å². The molecule has 3 aromatic carbocycles. The van der Waals surface area contributed by atoms with Crippen LogP contribution in [0.3, 0.4) is 0 Å². The van der Waals surface area contributed by atoms with Crippen molar-refractivity contribution in [2.75, 3.05) is 6.61 Å². The highest BCUT2D eigenvalue weighted by Gasteiger charge is 2.24. The first-order valence-electron chi connectivity index (χ1n) is 10.2. The Kier molecular flexibility index (Phi) is 5.84. The number of hydrogen-bond donors (Lipinski definition) is 0. The highest BCUT2D eigenvalue weighted by molar-refractivity contribution is 7.91. The summed E-state index contributed by atoms with van der Waals surface area (Å²) < 4.78 is 47.7. The van der Waals surface area contributed by atoms with Gasteiger partial charge in [0.2, 0.25) is 15.3 Å². The lowest BCUT2D eigenvalue weighted by molar-refractivity contribution is 0.340. The van der Waals surface area contributed by atoms with Crippen LogP contribution >= 0.6 is 0 Å². The number of pyridine rings is 1. The maximum atomic E-state index is 14.0. The Labute approximate surface area is 185 Å². The van der Waals surface area contributed by atoms with Gasteiger partial charge in [0.15, 0.2) is 0 Å². The van der Waals surface area contributed by atoms with Crippen molar-refractivity contribution >= 4 is 20.7 Å². The van der Waals surface area contributed by atoms with E-state index in [4.69, 9.17) is 4.74 Å². The summed E-state index contributed by atoms with van der Waals surface area (Å²) in [5.74, 6) is -0.0732. The van der Waals surface area contributed by atoms with Gasteiger partial charge in [0.05, 0.1) is 17.0 Å². The van der Waals surface area contributed by atoms with Crippen molar-refractivity contribution in [1.82, 2.24) is 4.57 Å². The molecule has 0 aliphatic heterocycles. The van der Waals surface area contributed by atoms with Crippen LogP contribution in [0.5, 0.6) is 5.75 Å². The lowest BCUT2D eigenvalue weighted by Crippen LogP contribution is -2.20. The minimum Gasteiger partial charge on any atom is -0.494 e. The Morgan fingerprint density at radius 2 is 1.66 bits per heavy atom. The average Bonchev–Trinajstić information content (AvgIpc) is 2.77. The minimum atomic E-state index is -4.14. The fourth-order valence-corrected chi connectivity index (χ4v) is 4.93. The van der Waals surface area contributed by atoms with Gasteiger partial charge in [-0.1, -0.05) is 29.8 Å². The molecule has 0 fully saturated rings. The lowest BCUT2D eigenvalue weighted by atomic mass is 10.1. The molecular formula is C25H22FNO4S. The highest BCUT2D eigenvalue weighted by atomic mass is 32.2. The molecule has 32 heavy (non-hydrogen) atoms.